The van der Waals surface area contributed by atoms with Crippen LogP contribution in [0.2, 0.25) is 0 Å². The standard InChI is InChI=1S/C22H20N4O3/c1-29-16-8-6-15(7-9-16)10-13-26-14-19(20(27)25-22-23-11-12-24-22)17-4-2-3-5-18(17)21(26)28/h2-9,11-12,14H,10,13H2,1H3,(H2,23,24,25,27). The summed E-state index contributed by atoms with van der Waals surface area (Å²) in [4.78, 5) is 32.6. The summed E-state index contributed by atoms with van der Waals surface area (Å²) in [5.41, 5.74) is 1.38. The third kappa shape index (κ3) is 3.89. The number of H-pyrrole nitrogens is 1. The van der Waals surface area contributed by atoms with E-state index in [0.29, 0.717) is 35.2 Å². The summed E-state index contributed by atoms with van der Waals surface area (Å²) in [6, 6.07) is 14.8. The summed E-state index contributed by atoms with van der Waals surface area (Å²) < 4.78 is 6.76. The van der Waals surface area contributed by atoms with E-state index in [0.717, 1.165) is 11.3 Å². The number of hydrogen-bond donors (Lipinski definition) is 2. The normalized spacial score (nSPS) is 10.8. The molecule has 0 saturated carbocycles. The lowest BCUT2D eigenvalue weighted by molar-refractivity contribution is 0.102. The fraction of sp³-hybridized carbons (Fsp3) is 0.136. The molecule has 0 aliphatic heterocycles. The molecule has 146 valence electrons. The van der Waals surface area contributed by atoms with Crippen molar-refractivity contribution in [1.29, 1.82) is 0 Å². The van der Waals surface area contributed by atoms with Crippen molar-refractivity contribution in [3.63, 3.8) is 0 Å². The summed E-state index contributed by atoms with van der Waals surface area (Å²) in [5, 5.41) is 3.85. The third-order valence-electron chi connectivity index (χ3n) is 4.77. The highest BCUT2D eigenvalue weighted by molar-refractivity contribution is 6.12. The van der Waals surface area contributed by atoms with Gasteiger partial charge < -0.3 is 14.3 Å². The molecule has 29 heavy (non-hydrogen) atoms. The van der Waals surface area contributed by atoms with E-state index < -0.39 is 0 Å². The van der Waals surface area contributed by atoms with Crippen LogP contribution in [0.1, 0.15) is 15.9 Å². The number of ether oxygens (including phenoxy) is 1. The number of fused-ring (bicyclic) bond motifs is 1. The van der Waals surface area contributed by atoms with E-state index in [9.17, 15) is 9.59 Å². The molecule has 4 rings (SSSR count). The Kier molecular flexibility index (Phi) is 5.11. The van der Waals surface area contributed by atoms with E-state index >= 15 is 0 Å². The number of pyridine rings is 1. The zero-order chi connectivity index (χ0) is 20.2. The number of nitrogens with one attached hydrogen (secondary N) is 2. The number of carbonyl (C=O) groups is 1. The average molecular weight is 388 g/mol. The number of benzene rings is 2. The van der Waals surface area contributed by atoms with E-state index in [1.165, 1.54) is 0 Å². The number of amides is 1. The molecule has 0 aliphatic carbocycles. The van der Waals surface area contributed by atoms with Crippen molar-refractivity contribution in [2.45, 2.75) is 13.0 Å². The van der Waals surface area contributed by atoms with Gasteiger partial charge in [-0.05, 0) is 30.2 Å². The van der Waals surface area contributed by atoms with Crippen molar-refractivity contribution in [3.8, 4) is 5.75 Å². The molecule has 7 heteroatoms. The lowest BCUT2D eigenvalue weighted by Gasteiger charge is -2.12. The summed E-state index contributed by atoms with van der Waals surface area (Å²) in [6.07, 6.45) is 5.46. The highest BCUT2D eigenvalue weighted by Gasteiger charge is 2.15. The van der Waals surface area contributed by atoms with Gasteiger partial charge in [0.2, 0.25) is 5.95 Å². The van der Waals surface area contributed by atoms with E-state index in [1.807, 2.05) is 30.3 Å². The molecule has 2 aromatic heterocycles. The number of imidazole rings is 1. The largest absolute Gasteiger partial charge is 0.497 e. The second kappa shape index (κ2) is 8.02. The van der Waals surface area contributed by atoms with Gasteiger partial charge in [0.25, 0.3) is 11.5 Å². The number of rotatable bonds is 6. The van der Waals surface area contributed by atoms with Crippen LogP contribution in [0.5, 0.6) is 5.75 Å². The van der Waals surface area contributed by atoms with Gasteiger partial charge in [0, 0.05) is 35.9 Å². The van der Waals surface area contributed by atoms with E-state index in [2.05, 4.69) is 15.3 Å². The third-order valence-corrected chi connectivity index (χ3v) is 4.77. The molecule has 0 atom stereocenters. The second-order valence-corrected chi connectivity index (χ2v) is 6.58. The predicted molar refractivity (Wildman–Crippen MR) is 111 cm³/mol. The maximum Gasteiger partial charge on any atom is 0.260 e. The molecule has 0 spiro atoms. The molecule has 4 aromatic rings. The highest BCUT2D eigenvalue weighted by atomic mass is 16.5. The van der Waals surface area contributed by atoms with Crippen LogP contribution in [-0.4, -0.2) is 27.6 Å². The first-order valence-corrected chi connectivity index (χ1v) is 9.21. The van der Waals surface area contributed by atoms with Gasteiger partial charge in [-0.25, -0.2) is 4.98 Å². The van der Waals surface area contributed by atoms with Gasteiger partial charge in [-0.2, -0.15) is 0 Å². The minimum atomic E-state index is -0.325. The summed E-state index contributed by atoms with van der Waals surface area (Å²) in [6.45, 7) is 0.455. The lowest BCUT2D eigenvalue weighted by Crippen LogP contribution is -2.24. The minimum absolute atomic E-state index is 0.122. The molecule has 0 saturated heterocycles. The summed E-state index contributed by atoms with van der Waals surface area (Å²) >= 11 is 0. The number of methoxy groups -OCH3 is 1. The molecule has 0 aliphatic rings. The van der Waals surface area contributed by atoms with Crippen LogP contribution in [0.15, 0.2) is 71.9 Å². The number of aromatic nitrogens is 3. The van der Waals surface area contributed by atoms with Gasteiger partial charge in [0.15, 0.2) is 0 Å². The molecule has 2 N–H and O–H groups in total. The first-order valence-electron chi connectivity index (χ1n) is 9.21. The van der Waals surface area contributed by atoms with Crippen molar-refractivity contribution < 1.29 is 9.53 Å². The Labute approximate surface area is 167 Å². The Hall–Kier alpha value is -3.87. The van der Waals surface area contributed by atoms with Crippen LogP contribution >= 0.6 is 0 Å². The first kappa shape index (κ1) is 18.5. The number of anilines is 1. The Morgan fingerprint density at radius 1 is 1.14 bits per heavy atom. The van der Waals surface area contributed by atoms with Gasteiger partial charge in [0.1, 0.15) is 5.75 Å². The van der Waals surface area contributed by atoms with Gasteiger partial charge in [0.05, 0.1) is 12.7 Å². The number of aryl methyl sites for hydroxylation is 2. The lowest BCUT2D eigenvalue weighted by atomic mass is 10.1. The van der Waals surface area contributed by atoms with Crippen molar-refractivity contribution in [2.75, 3.05) is 12.4 Å². The molecule has 2 heterocycles. The quantitative estimate of drug-likeness (QED) is 0.531. The van der Waals surface area contributed by atoms with E-state index in [-0.39, 0.29) is 11.5 Å². The number of aromatic amines is 1. The molecule has 0 bridgehead atoms. The molecule has 0 radical (unpaired) electrons. The first-order chi connectivity index (χ1) is 14.2. The predicted octanol–water partition coefficient (Wildman–Crippen LogP) is 3.23. The molecule has 0 fully saturated rings. The average Bonchev–Trinajstić information content (AvgIpc) is 3.26. The maximum absolute atomic E-state index is 12.9. The van der Waals surface area contributed by atoms with E-state index in [1.54, 1.807) is 48.5 Å². The summed E-state index contributed by atoms with van der Waals surface area (Å²) in [5.74, 6) is 0.818. The topological polar surface area (TPSA) is 89.0 Å². The number of nitrogens with zero attached hydrogens (tertiary/aromatic N) is 2. The Balaban J connectivity index is 1.67. The molecule has 2 aromatic carbocycles. The number of hydrogen-bond acceptors (Lipinski definition) is 4. The smallest absolute Gasteiger partial charge is 0.260 e. The van der Waals surface area contributed by atoms with Crippen molar-refractivity contribution in [1.82, 2.24) is 14.5 Å². The molecular weight excluding hydrogens is 368 g/mol. The summed E-state index contributed by atoms with van der Waals surface area (Å²) in [7, 11) is 1.62. The van der Waals surface area contributed by atoms with Crippen LogP contribution in [-0.2, 0) is 13.0 Å². The van der Waals surface area contributed by atoms with Gasteiger partial charge in [-0.3, -0.25) is 14.9 Å². The second-order valence-electron chi connectivity index (χ2n) is 6.58. The van der Waals surface area contributed by atoms with E-state index in [4.69, 9.17) is 4.74 Å². The van der Waals surface area contributed by atoms with Crippen LogP contribution < -0.4 is 15.6 Å². The van der Waals surface area contributed by atoms with Gasteiger partial charge >= 0.3 is 0 Å². The van der Waals surface area contributed by atoms with Crippen LogP contribution in [0, 0.1) is 0 Å². The zero-order valence-corrected chi connectivity index (χ0v) is 15.9. The molecule has 7 nitrogen and oxygen atoms in total. The fourth-order valence-corrected chi connectivity index (χ4v) is 3.24. The van der Waals surface area contributed by atoms with Crippen LogP contribution in [0.3, 0.4) is 0 Å². The monoisotopic (exact) mass is 388 g/mol. The van der Waals surface area contributed by atoms with Crippen molar-refractivity contribution >= 4 is 22.6 Å². The van der Waals surface area contributed by atoms with Crippen LogP contribution in [0.25, 0.3) is 10.8 Å². The van der Waals surface area contributed by atoms with Crippen molar-refractivity contribution in [3.05, 3.63) is 88.6 Å². The maximum atomic E-state index is 12.9. The fourth-order valence-electron chi connectivity index (χ4n) is 3.24. The Bertz CT molecular complexity index is 1200. The van der Waals surface area contributed by atoms with Crippen molar-refractivity contribution in [2.24, 2.45) is 0 Å². The van der Waals surface area contributed by atoms with Crippen LogP contribution in [0.4, 0.5) is 5.95 Å². The Morgan fingerprint density at radius 2 is 1.90 bits per heavy atom. The highest BCUT2D eigenvalue weighted by Crippen LogP contribution is 2.17. The number of carbonyl (C=O) groups excluding carboxylic acids is 1. The molecule has 1 amide bonds. The minimum Gasteiger partial charge on any atom is -0.497 e. The van der Waals surface area contributed by atoms with Gasteiger partial charge in [-0.1, -0.05) is 30.3 Å². The molecule has 0 unspecified atom stereocenters. The molecular formula is C22H20N4O3. The van der Waals surface area contributed by atoms with Gasteiger partial charge in [-0.15, -0.1) is 0 Å². The SMILES string of the molecule is COc1ccc(CCn2cc(C(=O)Nc3ncc[nH]3)c3ccccc3c2=O)cc1. The Morgan fingerprint density at radius 3 is 2.59 bits per heavy atom. The zero-order valence-electron chi connectivity index (χ0n) is 15.9.